The SMILES string of the molecule is O=C([O-])CN(CCN(CC(=O)[O-])CC(COc1ccc(-c2ccc(O)cc2)cc1)N(CC(=O)[O-])CC(=O)[O-])CC(=O)[O-].O=C([O-])CN(CCN(CC(=O)[O-])CC(COc1ccc(-c2ccc(OP(=O)([O-])[O-])cc2)cc1)N(CC(=O)[O-])CC(=O)[O-])CC(=O)[O-].[Gd+3].[Gd+3]. The zero-order chi connectivity index (χ0) is 65.7. The van der Waals surface area contributed by atoms with E-state index in [4.69, 9.17) is 9.47 Å². The Labute approximate surface area is 576 Å². The van der Waals surface area contributed by atoms with Crippen LogP contribution in [0.4, 0.5) is 0 Å². The van der Waals surface area contributed by atoms with E-state index in [-0.39, 0.29) is 143 Å². The summed E-state index contributed by atoms with van der Waals surface area (Å²) in [5, 5.41) is 122. The molecule has 2 unspecified atom stereocenters. The fraction of sp³-hybridized carbons (Fsp3) is 0.370. The minimum atomic E-state index is -5.23. The van der Waals surface area contributed by atoms with Gasteiger partial charge in [-0.2, -0.15) is 0 Å². The van der Waals surface area contributed by atoms with Crippen molar-refractivity contribution >= 4 is 67.5 Å². The molecule has 4 aromatic carbocycles. The fourth-order valence-corrected chi connectivity index (χ4v) is 8.74. The van der Waals surface area contributed by atoms with Crippen LogP contribution in [-0.2, 0) is 52.5 Å². The standard InChI is InChI=1S/C27H34N3O15P.C27H33N3O12.2Gd/c31-23(32)12-28(9-10-29(13-24(33)34)14-25(35)36)11-20(30(15-26(37)38)16-27(39)40)17-44-21-5-1-18(2-6-21)19-3-7-22(8-4-19)45-46(41,42)43;31-21-5-1-18(2-6-21)19-3-7-22(8-4-19)42-17-20(30(15-26(38)39)16-27(40)41)11-28(12-23(32)33)9-10-29(13-24(34)35)14-25(36)37;;/h1-8,20H,9-17H2,(H,31,32)(H,33,34)(H,35,36)(H,37,38)(H,39,40)(H2,41,42,43);1-8,20,31H,9-17H2,(H,32,33)(H,34,35)(H,36,37)(H,38,39)(H,40,41);;/q;;2*+3/p-12. The third-order valence-electron chi connectivity index (χ3n) is 12.1. The molecule has 0 aromatic heterocycles. The van der Waals surface area contributed by atoms with Gasteiger partial charge in [-0.3, -0.25) is 29.4 Å². The largest absolute Gasteiger partial charge is 3.00 e. The van der Waals surface area contributed by atoms with Gasteiger partial charge in [0.15, 0.2) is 0 Å². The second-order valence-electron chi connectivity index (χ2n) is 19.0. The van der Waals surface area contributed by atoms with Gasteiger partial charge in [-0.15, -0.1) is 0 Å². The molecule has 36 heteroatoms. The molecule has 0 aliphatic carbocycles. The van der Waals surface area contributed by atoms with Crippen LogP contribution < -0.4 is 74.8 Å². The molecule has 0 spiro atoms. The second kappa shape index (κ2) is 41.7. The topological polar surface area (TPSA) is 532 Å². The maximum atomic E-state index is 11.4. The molecule has 4 rings (SSSR count). The van der Waals surface area contributed by atoms with Crippen LogP contribution in [0.1, 0.15) is 0 Å². The van der Waals surface area contributed by atoms with Crippen LogP contribution in [0, 0.1) is 79.9 Å². The average molecular weight is 1570 g/mol. The minimum Gasteiger partial charge on any atom is -0.780 e. The smallest absolute Gasteiger partial charge is 0.780 e. The first kappa shape index (κ1) is 81.4. The predicted molar refractivity (Wildman–Crippen MR) is 271 cm³/mol. The molecule has 90 heavy (non-hydrogen) atoms. The number of phosphoric ester groups is 1. The van der Waals surface area contributed by atoms with Crippen LogP contribution in [0.5, 0.6) is 23.0 Å². The first-order chi connectivity index (χ1) is 41.3. The number of aromatic hydroxyl groups is 1. The zero-order valence-electron chi connectivity index (χ0n) is 47.0. The first-order valence-electron chi connectivity index (χ1n) is 25.8. The maximum Gasteiger partial charge on any atom is 3.00 e. The summed E-state index contributed by atoms with van der Waals surface area (Å²) in [4.78, 5) is 140. The molecule has 0 amide bonds. The van der Waals surface area contributed by atoms with Crippen LogP contribution in [0.2, 0.25) is 0 Å². The number of hydrogen-bond donors (Lipinski definition) is 1. The number of phosphoric acid groups is 1. The van der Waals surface area contributed by atoms with Crippen molar-refractivity contribution in [3.8, 4) is 45.3 Å². The van der Waals surface area contributed by atoms with Crippen LogP contribution in [0.25, 0.3) is 22.3 Å². The molecule has 2 radical (unpaired) electrons. The summed E-state index contributed by atoms with van der Waals surface area (Å²) in [7, 11) is -5.23. The van der Waals surface area contributed by atoms with Crippen molar-refractivity contribution in [3.05, 3.63) is 97.1 Å². The Bertz CT molecular complexity index is 2970. The van der Waals surface area contributed by atoms with Gasteiger partial charge >= 0.3 is 79.9 Å². The number of carbonyl (C=O) groups is 10. The summed E-state index contributed by atoms with van der Waals surface area (Å²) in [5.41, 5.74) is 2.81. The summed E-state index contributed by atoms with van der Waals surface area (Å²) >= 11 is 0. The van der Waals surface area contributed by atoms with E-state index >= 15 is 0 Å². The average Bonchev–Trinajstić information content (AvgIpc) is 3.51. The molecule has 0 fully saturated rings. The van der Waals surface area contributed by atoms with E-state index in [0.29, 0.717) is 16.9 Å². The molecule has 0 saturated heterocycles. The molecule has 2 atom stereocenters. The molecule has 0 aliphatic heterocycles. The van der Waals surface area contributed by atoms with Crippen LogP contribution >= 0.6 is 7.82 Å². The molecule has 1 N–H and O–H groups in total. The number of nitrogens with zero attached hydrogens (tertiary/aromatic N) is 6. The first-order valence-corrected chi connectivity index (χ1v) is 27.2. The number of benzene rings is 4. The van der Waals surface area contributed by atoms with Gasteiger partial charge in [0, 0.05) is 105 Å². The number of carboxylic acids is 10. The van der Waals surface area contributed by atoms with Gasteiger partial charge in [-0.25, -0.2) is 0 Å². The molecular weight excluding hydrogens is 1510 g/mol. The summed E-state index contributed by atoms with van der Waals surface area (Å²) in [6, 6.07) is 22.5. The van der Waals surface area contributed by atoms with Crippen molar-refractivity contribution in [2.45, 2.75) is 12.1 Å². The Balaban J connectivity index is 0.000000884. The predicted octanol–water partition coefficient (Wildman–Crippen LogP) is -14.6. The summed E-state index contributed by atoms with van der Waals surface area (Å²) in [6.07, 6.45) is 0. The van der Waals surface area contributed by atoms with Crippen molar-refractivity contribution in [1.29, 1.82) is 0 Å². The Morgan fingerprint density at radius 2 is 0.578 bits per heavy atom. The van der Waals surface area contributed by atoms with E-state index in [9.17, 15) is 118 Å². The quantitative estimate of drug-likeness (QED) is 0.0403. The molecule has 0 heterocycles. The molecule has 0 bridgehead atoms. The molecule has 33 nitrogen and oxygen atoms in total. The van der Waals surface area contributed by atoms with E-state index < -0.39 is 152 Å². The number of aliphatic carboxylic acids is 10. The van der Waals surface area contributed by atoms with Crippen molar-refractivity contribution in [3.63, 3.8) is 0 Å². The Hall–Kier alpha value is -6.66. The van der Waals surface area contributed by atoms with Gasteiger partial charge in [0.05, 0.1) is 71.8 Å². The molecule has 490 valence electrons. The van der Waals surface area contributed by atoms with E-state index in [1.807, 2.05) is 0 Å². The normalized spacial score (nSPS) is 11.8. The minimum absolute atomic E-state index is 0. The van der Waals surface area contributed by atoms with Crippen LogP contribution in [0.15, 0.2) is 97.1 Å². The van der Waals surface area contributed by atoms with Gasteiger partial charge in [-0.05, 0) is 70.8 Å². The van der Waals surface area contributed by atoms with Gasteiger partial charge in [0.1, 0.15) is 44.0 Å². The maximum absolute atomic E-state index is 11.4. The summed E-state index contributed by atoms with van der Waals surface area (Å²) in [5.74, 6) is -15.7. The monoisotopic (exact) mass is 1570 g/mol. The molecular formula is C54H55Gd2N6O27P-6. The summed E-state index contributed by atoms with van der Waals surface area (Å²) < 4.78 is 26.6. The number of rotatable bonds is 42. The number of hydrogen-bond acceptors (Lipinski definition) is 33. The van der Waals surface area contributed by atoms with Crippen LogP contribution in [-0.4, -0.2) is 224 Å². The zero-order valence-corrected chi connectivity index (χ0v) is 52.5. The fourth-order valence-electron chi connectivity index (χ4n) is 8.36. The molecule has 0 saturated carbocycles. The van der Waals surface area contributed by atoms with E-state index in [1.165, 1.54) is 53.4 Å². The number of phenolic OH excluding ortho intramolecular Hbond substituents is 1. The van der Waals surface area contributed by atoms with Crippen molar-refractivity contribution < 1.29 is 212 Å². The molecule has 0 aliphatic rings. The van der Waals surface area contributed by atoms with Gasteiger partial charge < -0.3 is 132 Å². The van der Waals surface area contributed by atoms with Gasteiger partial charge in [-0.1, -0.05) is 48.5 Å². The third kappa shape index (κ3) is 35.1. The van der Waals surface area contributed by atoms with Crippen LogP contribution in [0.3, 0.4) is 0 Å². The van der Waals surface area contributed by atoms with Gasteiger partial charge in [0.2, 0.25) is 0 Å². The Morgan fingerprint density at radius 1 is 0.356 bits per heavy atom. The number of ether oxygens (including phenoxy) is 2. The van der Waals surface area contributed by atoms with E-state index in [0.717, 1.165) is 35.6 Å². The van der Waals surface area contributed by atoms with Crippen molar-refractivity contribution in [1.82, 2.24) is 29.4 Å². The van der Waals surface area contributed by atoms with Gasteiger partial charge in [0.25, 0.3) is 0 Å². The number of carboxylic acid groups (broad SMARTS) is 10. The number of carbonyl (C=O) groups excluding carboxylic acids is 10. The number of phenols is 1. The Kier molecular flexibility index (Phi) is 37.7. The summed E-state index contributed by atoms with van der Waals surface area (Å²) in [6.45, 7) is -10.9. The third-order valence-corrected chi connectivity index (χ3v) is 12.5. The van der Waals surface area contributed by atoms with Crippen molar-refractivity contribution in [2.24, 2.45) is 0 Å². The van der Waals surface area contributed by atoms with E-state index in [2.05, 4.69) is 4.52 Å². The Morgan fingerprint density at radius 3 is 0.822 bits per heavy atom. The second-order valence-corrected chi connectivity index (χ2v) is 20.1. The van der Waals surface area contributed by atoms with Crippen molar-refractivity contribution in [2.75, 3.05) is 118 Å². The van der Waals surface area contributed by atoms with E-state index in [1.54, 1.807) is 48.5 Å². The molecule has 4 aromatic rings.